The molecular formula is C16H8BrClF3N3. The molecule has 0 unspecified atom stereocenters. The number of benzene rings is 2. The Kier molecular flexibility index (Phi) is 3.30. The molecule has 24 heavy (non-hydrogen) atoms. The summed E-state index contributed by atoms with van der Waals surface area (Å²) in [7, 11) is 0. The van der Waals surface area contributed by atoms with Gasteiger partial charge in [-0.15, -0.1) is 10.2 Å². The second-order valence-corrected chi connectivity index (χ2v) is 6.74. The minimum Gasteiger partial charge on any atom is -0.353 e. The summed E-state index contributed by atoms with van der Waals surface area (Å²) in [6.45, 7) is 0. The molecule has 0 atom stereocenters. The molecule has 3 aromatic rings. The second-order valence-electron chi connectivity index (χ2n) is 5.45. The number of fused-ring (bicyclic) bond motifs is 1. The van der Waals surface area contributed by atoms with Crippen molar-refractivity contribution in [3.8, 4) is 11.3 Å². The normalized spacial score (nSPS) is 15.9. The largest absolute Gasteiger partial charge is 0.442 e. The summed E-state index contributed by atoms with van der Waals surface area (Å²) in [6.07, 6.45) is -4.53. The van der Waals surface area contributed by atoms with Gasteiger partial charge < -0.3 is 4.98 Å². The minimum absolute atomic E-state index is 0.00581. The van der Waals surface area contributed by atoms with Gasteiger partial charge in [-0.25, -0.2) is 0 Å². The monoisotopic (exact) mass is 413 g/mol. The molecular weight excluding hydrogens is 407 g/mol. The van der Waals surface area contributed by atoms with Gasteiger partial charge in [0.2, 0.25) is 0 Å². The Labute approximate surface area is 147 Å². The van der Waals surface area contributed by atoms with Crippen LogP contribution in [-0.2, 0) is 5.66 Å². The highest BCUT2D eigenvalue weighted by Crippen LogP contribution is 2.52. The van der Waals surface area contributed by atoms with Crippen LogP contribution in [0.2, 0.25) is 5.02 Å². The fourth-order valence-electron chi connectivity index (χ4n) is 2.65. The van der Waals surface area contributed by atoms with Crippen LogP contribution in [0.25, 0.3) is 22.2 Å². The predicted octanol–water partition coefficient (Wildman–Crippen LogP) is 6.43. The van der Waals surface area contributed by atoms with E-state index in [1.54, 1.807) is 12.1 Å². The summed E-state index contributed by atoms with van der Waals surface area (Å²) in [6, 6.07) is 11.5. The minimum atomic E-state index is -4.53. The third-order valence-electron chi connectivity index (χ3n) is 3.97. The summed E-state index contributed by atoms with van der Waals surface area (Å²) >= 11 is 9.78. The van der Waals surface area contributed by atoms with Crippen LogP contribution in [0, 0.1) is 0 Å². The summed E-state index contributed by atoms with van der Waals surface area (Å²) < 4.78 is 40.0. The molecule has 4 rings (SSSR count). The Bertz CT molecular complexity index is 971. The van der Waals surface area contributed by atoms with Crippen LogP contribution in [-0.4, -0.2) is 11.2 Å². The van der Waals surface area contributed by atoms with Gasteiger partial charge in [-0.2, -0.15) is 13.2 Å². The van der Waals surface area contributed by atoms with E-state index in [4.69, 9.17) is 11.6 Å². The number of halogens is 5. The van der Waals surface area contributed by atoms with Crippen molar-refractivity contribution in [1.29, 1.82) is 0 Å². The lowest BCUT2D eigenvalue weighted by atomic mass is 10.0. The van der Waals surface area contributed by atoms with E-state index in [1.807, 2.05) is 18.2 Å². The Hall–Kier alpha value is -1.86. The zero-order chi connectivity index (χ0) is 17.1. The first kappa shape index (κ1) is 15.7. The molecule has 0 radical (unpaired) electrons. The van der Waals surface area contributed by atoms with Gasteiger partial charge >= 0.3 is 11.8 Å². The Morgan fingerprint density at radius 3 is 2.29 bits per heavy atom. The lowest BCUT2D eigenvalue weighted by molar-refractivity contribution is -0.166. The van der Waals surface area contributed by atoms with Crippen molar-refractivity contribution in [2.75, 3.05) is 0 Å². The molecule has 0 saturated carbocycles. The zero-order valence-electron chi connectivity index (χ0n) is 11.8. The third kappa shape index (κ3) is 2.26. The van der Waals surface area contributed by atoms with Gasteiger partial charge in [-0.05, 0) is 17.7 Å². The van der Waals surface area contributed by atoms with E-state index in [1.165, 1.54) is 12.1 Å². The van der Waals surface area contributed by atoms with Crippen molar-refractivity contribution in [2.24, 2.45) is 10.2 Å². The molecule has 0 saturated heterocycles. The van der Waals surface area contributed by atoms with Gasteiger partial charge in [-0.3, -0.25) is 0 Å². The maximum Gasteiger partial charge on any atom is 0.442 e. The molecule has 1 aromatic heterocycles. The van der Waals surface area contributed by atoms with E-state index in [9.17, 15) is 13.2 Å². The maximum atomic E-state index is 13.0. The zero-order valence-corrected chi connectivity index (χ0v) is 14.2. The van der Waals surface area contributed by atoms with Gasteiger partial charge in [0, 0.05) is 20.9 Å². The molecule has 1 N–H and O–H groups in total. The summed E-state index contributed by atoms with van der Waals surface area (Å²) in [5, 5.41) is 7.77. The molecule has 0 fully saturated rings. The fourth-order valence-corrected chi connectivity index (χ4v) is 3.33. The molecule has 0 amide bonds. The van der Waals surface area contributed by atoms with E-state index in [-0.39, 0.29) is 5.56 Å². The first-order chi connectivity index (χ1) is 11.3. The number of rotatable bonds is 2. The average Bonchev–Trinajstić information content (AvgIpc) is 3.29. The molecule has 1 aliphatic rings. The van der Waals surface area contributed by atoms with E-state index in [0.29, 0.717) is 16.3 Å². The molecule has 122 valence electrons. The molecule has 0 spiro atoms. The molecule has 2 aromatic carbocycles. The van der Waals surface area contributed by atoms with Gasteiger partial charge in [0.25, 0.3) is 0 Å². The molecule has 2 heterocycles. The quantitative estimate of drug-likeness (QED) is 0.502. The van der Waals surface area contributed by atoms with E-state index in [0.717, 1.165) is 15.4 Å². The van der Waals surface area contributed by atoms with Crippen molar-refractivity contribution < 1.29 is 13.2 Å². The van der Waals surface area contributed by atoms with Crippen molar-refractivity contribution in [2.45, 2.75) is 11.8 Å². The number of nitrogens with zero attached hydrogens (tertiary/aromatic N) is 2. The van der Waals surface area contributed by atoms with E-state index < -0.39 is 11.8 Å². The van der Waals surface area contributed by atoms with Crippen molar-refractivity contribution >= 4 is 38.4 Å². The summed E-state index contributed by atoms with van der Waals surface area (Å²) in [4.78, 5) is 3.19. The SMILES string of the molecule is FC(F)(F)C1(c2ccc(-c3[nH]c4cc(Br)ccc4c3Cl)cc2)N=N1. The Morgan fingerprint density at radius 2 is 1.71 bits per heavy atom. The number of aromatic amines is 1. The smallest absolute Gasteiger partial charge is 0.353 e. The number of alkyl halides is 3. The van der Waals surface area contributed by atoms with E-state index >= 15 is 0 Å². The molecule has 0 aliphatic carbocycles. The second kappa shape index (κ2) is 5.07. The van der Waals surface area contributed by atoms with Gasteiger partial charge in [0.15, 0.2) is 0 Å². The highest BCUT2D eigenvalue weighted by atomic mass is 79.9. The molecule has 1 aliphatic heterocycles. The van der Waals surface area contributed by atoms with Crippen molar-refractivity contribution in [1.82, 2.24) is 4.98 Å². The third-order valence-corrected chi connectivity index (χ3v) is 4.85. The number of hydrogen-bond acceptors (Lipinski definition) is 2. The average molecular weight is 415 g/mol. The van der Waals surface area contributed by atoms with Crippen LogP contribution in [0.15, 0.2) is 57.2 Å². The van der Waals surface area contributed by atoms with Crippen LogP contribution < -0.4 is 0 Å². The topological polar surface area (TPSA) is 40.5 Å². The summed E-state index contributed by atoms with van der Waals surface area (Å²) in [5.41, 5.74) is -0.224. The molecule has 3 nitrogen and oxygen atoms in total. The Balaban J connectivity index is 1.75. The maximum absolute atomic E-state index is 13.0. The van der Waals surface area contributed by atoms with Gasteiger partial charge in [-0.1, -0.05) is 57.9 Å². The Morgan fingerprint density at radius 1 is 1.04 bits per heavy atom. The van der Waals surface area contributed by atoms with Crippen LogP contribution in [0.3, 0.4) is 0 Å². The van der Waals surface area contributed by atoms with Gasteiger partial charge in [0.05, 0.1) is 10.7 Å². The highest BCUT2D eigenvalue weighted by molar-refractivity contribution is 9.10. The number of H-pyrrole nitrogens is 1. The number of hydrogen-bond donors (Lipinski definition) is 1. The van der Waals surface area contributed by atoms with Crippen LogP contribution in [0.1, 0.15) is 5.56 Å². The van der Waals surface area contributed by atoms with Gasteiger partial charge in [0.1, 0.15) is 0 Å². The van der Waals surface area contributed by atoms with E-state index in [2.05, 4.69) is 31.1 Å². The molecule has 0 bridgehead atoms. The predicted molar refractivity (Wildman–Crippen MR) is 89.0 cm³/mol. The van der Waals surface area contributed by atoms with Crippen molar-refractivity contribution in [3.63, 3.8) is 0 Å². The standard InChI is InChI=1S/C16H8BrClF3N3/c17-10-5-6-11-12(7-10)22-14(13(11)18)8-1-3-9(4-2-8)15(23-24-15)16(19,20)21/h1-7,22H. The molecule has 8 heteroatoms. The first-order valence-corrected chi connectivity index (χ1v) is 8.07. The van der Waals surface area contributed by atoms with Crippen LogP contribution >= 0.6 is 27.5 Å². The van der Waals surface area contributed by atoms with Crippen molar-refractivity contribution in [3.05, 3.63) is 57.5 Å². The van der Waals surface area contributed by atoms with Crippen LogP contribution in [0.5, 0.6) is 0 Å². The lowest BCUT2D eigenvalue weighted by Gasteiger charge is -2.14. The highest BCUT2D eigenvalue weighted by Gasteiger charge is 2.65. The first-order valence-electron chi connectivity index (χ1n) is 6.90. The number of nitrogens with one attached hydrogen (secondary N) is 1. The van der Waals surface area contributed by atoms with Crippen LogP contribution in [0.4, 0.5) is 13.2 Å². The number of aromatic nitrogens is 1. The summed E-state index contributed by atoms with van der Waals surface area (Å²) in [5.74, 6) is 0. The fraction of sp³-hybridized carbons (Fsp3) is 0.125. The lowest BCUT2D eigenvalue weighted by Crippen LogP contribution is -2.29.